The number of benzene rings is 3. The second-order valence-electron chi connectivity index (χ2n) is 5.89. The molecule has 0 bridgehead atoms. The number of carbonyl (C=O) groups is 1. The van der Waals surface area contributed by atoms with Gasteiger partial charge in [-0.2, -0.15) is 16.8 Å². The standard InChI is InChI=1S/C17H14N2O7S2/c18-12-3-1-2-11(6-12)17(20)19-13-5-4-10-7-14(27(21,22)23)9-16(15(10)8-13)28(24,25)26/h1-9H,18H2,(H,19,20)(H,21,22,23)(H,24,25,26). The van der Waals surface area contributed by atoms with Crippen LogP contribution in [-0.4, -0.2) is 31.8 Å². The van der Waals surface area contributed by atoms with Gasteiger partial charge in [0.1, 0.15) is 4.90 Å². The molecule has 3 aromatic rings. The fraction of sp³-hybridized carbons (Fsp3) is 0. The van der Waals surface area contributed by atoms with Gasteiger partial charge < -0.3 is 11.1 Å². The van der Waals surface area contributed by atoms with Crippen LogP contribution < -0.4 is 11.1 Å². The molecule has 5 N–H and O–H groups in total. The molecule has 0 aliphatic rings. The van der Waals surface area contributed by atoms with Crippen LogP contribution in [0.5, 0.6) is 0 Å². The topological polar surface area (TPSA) is 164 Å². The zero-order valence-electron chi connectivity index (χ0n) is 14.0. The first-order valence-electron chi connectivity index (χ1n) is 7.65. The van der Waals surface area contributed by atoms with Crippen molar-refractivity contribution in [3.63, 3.8) is 0 Å². The number of hydrogen-bond acceptors (Lipinski definition) is 6. The fourth-order valence-corrected chi connectivity index (χ4v) is 3.97. The first kappa shape index (κ1) is 19.8. The summed E-state index contributed by atoms with van der Waals surface area (Å²) in [5, 5.41) is 2.64. The van der Waals surface area contributed by atoms with Crippen LogP contribution in [0.1, 0.15) is 10.4 Å². The fourth-order valence-electron chi connectivity index (χ4n) is 2.62. The zero-order chi connectivity index (χ0) is 20.7. The van der Waals surface area contributed by atoms with Crippen molar-refractivity contribution in [1.29, 1.82) is 0 Å². The summed E-state index contributed by atoms with van der Waals surface area (Å²) in [5.74, 6) is -0.505. The molecule has 0 aliphatic carbocycles. The lowest BCUT2D eigenvalue weighted by Gasteiger charge is -2.10. The van der Waals surface area contributed by atoms with E-state index < -0.39 is 35.9 Å². The molecule has 146 valence electrons. The van der Waals surface area contributed by atoms with E-state index in [0.29, 0.717) is 11.8 Å². The third kappa shape index (κ3) is 4.12. The molecular formula is C17H14N2O7S2. The lowest BCUT2D eigenvalue weighted by atomic mass is 10.1. The predicted octanol–water partition coefficient (Wildman–Crippen LogP) is 2.17. The van der Waals surface area contributed by atoms with Gasteiger partial charge in [-0.05, 0) is 47.9 Å². The Kier molecular flexibility index (Phi) is 4.85. The van der Waals surface area contributed by atoms with Crippen molar-refractivity contribution in [2.75, 3.05) is 11.1 Å². The number of hydrogen-bond donors (Lipinski definition) is 4. The first-order chi connectivity index (χ1) is 12.9. The Morgan fingerprint density at radius 2 is 1.61 bits per heavy atom. The molecule has 0 unspecified atom stereocenters. The lowest BCUT2D eigenvalue weighted by molar-refractivity contribution is 0.102. The van der Waals surface area contributed by atoms with Gasteiger partial charge in [-0.1, -0.05) is 12.1 Å². The van der Waals surface area contributed by atoms with Crippen LogP contribution >= 0.6 is 0 Å². The van der Waals surface area contributed by atoms with Crippen molar-refractivity contribution in [3.8, 4) is 0 Å². The number of anilines is 2. The van der Waals surface area contributed by atoms with E-state index in [1.807, 2.05) is 0 Å². The molecule has 1 amide bonds. The van der Waals surface area contributed by atoms with Crippen molar-refractivity contribution < 1.29 is 30.7 Å². The number of carbonyl (C=O) groups excluding carboxylic acids is 1. The van der Waals surface area contributed by atoms with E-state index in [4.69, 9.17) is 5.73 Å². The Bertz CT molecular complexity index is 1320. The summed E-state index contributed by atoms with van der Waals surface area (Å²) < 4.78 is 64.8. The third-order valence-electron chi connectivity index (χ3n) is 3.87. The maximum absolute atomic E-state index is 12.3. The summed E-state index contributed by atoms with van der Waals surface area (Å²) in [6.45, 7) is 0. The van der Waals surface area contributed by atoms with E-state index >= 15 is 0 Å². The Balaban J connectivity index is 2.11. The van der Waals surface area contributed by atoms with Gasteiger partial charge in [0.15, 0.2) is 0 Å². The van der Waals surface area contributed by atoms with E-state index in [0.717, 1.165) is 6.07 Å². The third-order valence-corrected chi connectivity index (χ3v) is 5.60. The molecule has 28 heavy (non-hydrogen) atoms. The van der Waals surface area contributed by atoms with Gasteiger partial charge in [-0.3, -0.25) is 13.9 Å². The summed E-state index contributed by atoms with van der Waals surface area (Å²) in [4.78, 5) is 10.9. The lowest BCUT2D eigenvalue weighted by Crippen LogP contribution is -2.12. The molecule has 3 rings (SSSR count). The Labute approximate surface area is 160 Å². The monoisotopic (exact) mass is 422 g/mol. The van der Waals surface area contributed by atoms with Crippen LogP contribution in [0.2, 0.25) is 0 Å². The van der Waals surface area contributed by atoms with E-state index in [9.17, 15) is 30.7 Å². The second-order valence-corrected chi connectivity index (χ2v) is 8.70. The van der Waals surface area contributed by atoms with Crippen molar-refractivity contribution in [3.05, 3.63) is 60.2 Å². The smallest absolute Gasteiger partial charge is 0.295 e. The molecule has 11 heteroatoms. The number of fused-ring (bicyclic) bond motifs is 1. The highest BCUT2D eigenvalue weighted by atomic mass is 32.2. The van der Waals surface area contributed by atoms with Gasteiger partial charge in [0, 0.05) is 22.3 Å². The summed E-state index contributed by atoms with van der Waals surface area (Å²) >= 11 is 0. The highest BCUT2D eigenvalue weighted by Crippen LogP contribution is 2.29. The van der Waals surface area contributed by atoms with Crippen LogP contribution in [0.4, 0.5) is 11.4 Å². The predicted molar refractivity (Wildman–Crippen MR) is 102 cm³/mol. The normalized spacial score (nSPS) is 12.1. The van der Waals surface area contributed by atoms with Crippen LogP contribution in [0.15, 0.2) is 64.4 Å². The molecule has 0 spiro atoms. The molecule has 0 aliphatic heterocycles. The van der Waals surface area contributed by atoms with E-state index in [-0.39, 0.29) is 22.0 Å². The molecule has 9 nitrogen and oxygen atoms in total. The zero-order valence-corrected chi connectivity index (χ0v) is 15.7. The van der Waals surface area contributed by atoms with Gasteiger partial charge in [0.25, 0.3) is 26.1 Å². The Morgan fingerprint density at radius 1 is 0.893 bits per heavy atom. The van der Waals surface area contributed by atoms with Crippen LogP contribution in [0, 0.1) is 0 Å². The molecule has 0 fully saturated rings. The van der Waals surface area contributed by atoms with Gasteiger partial charge in [0.05, 0.1) is 4.90 Å². The van der Waals surface area contributed by atoms with Crippen molar-refractivity contribution >= 4 is 48.3 Å². The van der Waals surface area contributed by atoms with Crippen LogP contribution in [-0.2, 0) is 20.2 Å². The molecule has 0 saturated heterocycles. The largest absolute Gasteiger partial charge is 0.399 e. The highest BCUT2D eigenvalue weighted by Gasteiger charge is 2.21. The Hall–Kier alpha value is -2.99. The van der Waals surface area contributed by atoms with Gasteiger partial charge in [-0.25, -0.2) is 0 Å². The summed E-state index contributed by atoms with van der Waals surface area (Å²) in [6, 6.07) is 11.9. The van der Waals surface area contributed by atoms with E-state index in [2.05, 4.69) is 5.32 Å². The molecular weight excluding hydrogens is 408 g/mol. The maximum Gasteiger partial charge on any atom is 0.295 e. The molecule has 3 aromatic carbocycles. The van der Waals surface area contributed by atoms with Crippen LogP contribution in [0.25, 0.3) is 10.8 Å². The summed E-state index contributed by atoms with van der Waals surface area (Å²) in [6.07, 6.45) is 0. The quantitative estimate of drug-likeness (QED) is 0.367. The van der Waals surface area contributed by atoms with Gasteiger partial charge in [-0.15, -0.1) is 0 Å². The van der Waals surface area contributed by atoms with Gasteiger partial charge in [0.2, 0.25) is 0 Å². The average Bonchev–Trinajstić information content (AvgIpc) is 2.59. The number of amides is 1. The van der Waals surface area contributed by atoms with Crippen LogP contribution in [0.3, 0.4) is 0 Å². The first-order valence-corrected chi connectivity index (χ1v) is 10.5. The number of nitrogen functional groups attached to an aromatic ring is 1. The number of nitrogens with two attached hydrogens (primary N) is 1. The molecule has 0 saturated carbocycles. The highest BCUT2D eigenvalue weighted by molar-refractivity contribution is 7.86. The minimum atomic E-state index is -4.82. The minimum Gasteiger partial charge on any atom is -0.399 e. The molecule has 0 heterocycles. The van der Waals surface area contributed by atoms with Crippen molar-refractivity contribution in [2.45, 2.75) is 9.79 Å². The van der Waals surface area contributed by atoms with Crippen molar-refractivity contribution in [2.24, 2.45) is 0 Å². The summed E-state index contributed by atoms with van der Waals surface area (Å²) in [5.41, 5.74) is 6.50. The maximum atomic E-state index is 12.3. The van der Waals surface area contributed by atoms with Crippen molar-refractivity contribution in [1.82, 2.24) is 0 Å². The number of rotatable bonds is 4. The SMILES string of the molecule is Nc1cccc(C(=O)Nc2ccc3cc(S(=O)(=O)O)cc(S(=O)(=O)O)c3c2)c1. The average molecular weight is 422 g/mol. The minimum absolute atomic E-state index is 0.0414. The second kappa shape index (κ2) is 6.87. The van der Waals surface area contributed by atoms with Gasteiger partial charge >= 0.3 is 0 Å². The molecule has 0 atom stereocenters. The number of nitrogens with one attached hydrogen (secondary N) is 1. The van der Waals surface area contributed by atoms with E-state index in [1.165, 1.54) is 30.3 Å². The van der Waals surface area contributed by atoms with E-state index in [1.54, 1.807) is 12.1 Å². The molecule has 0 aromatic heterocycles. The molecule has 0 radical (unpaired) electrons. The Morgan fingerprint density at radius 3 is 2.21 bits per heavy atom. The summed E-state index contributed by atoms with van der Waals surface area (Å²) in [7, 11) is -9.52.